The molecule has 0 aliphatic heterocycles. The van der Waals surface area contributed by atoms with Crippen molar-refractivity contribution in [2.24, 2.45) is 5.41 Å². The van der Waals surface area contributed by atoms with Gasteiger partial charge in [0.05, 0.1) is 5.41 Å². The summed E-state index contributed by atoms with van der Waals surface area (Å²) in [6, 6.07) is 0. The third-order valence-corrected chi connectivity index (χ3v) is 2.34. The number of hydrogen-bond acceptors (Lipinski definition) is 4. The summed E-state index contributed by atoms with van der Waals surface area (Å²) in [4.78, 5) is 26.4. The first-order chi connectivity index (χ1) is 7.86. The monoisotopic (exact) mass is 240 g/mol. The molecule has 1 rings (SSSR count). The van der Waals surface area contributed by atoms with Gasteiger partial charge >= 0.3 is 5.97 Å². The van der Waals surface area contributed by atoms with E-state index in [1.165, 1.54) is 13.8 Å². The van der Waals surface area contributed by atoms with Crippen molar-refractivity contribution in [2.75, 3.05) is 6.54 Å². The zero-order valence-electron chi connectivity index (χ0n) is 10.1. The Kier molecular flexibility index (Phi) is 3.82. The SMILES string of the molecule is CCc1nc(C(=O)NCC(C)(C)C(=O)O)n[nH]1. The first-order valence-corrected chi connectivity index (χ1v) is 5.29. The van der Waals surface area contributed by atoms with Gasteiger partial charge in [-0.2, -0.15) is 0 Å². The summed E-state index contributed by atoms with van der Waals surface area (Å²) in [5, 5.41) is 17.7. The summed E-state index contributed by atoms with van der Waals surface area (Å²) in [6.07, 6.45) is 0.654. The summed E-state index contributed by atoms with van der Waals surface area (Å²) in [6.45, 7) is 4.98. The molecular formula is C10H16N4O3. The molecule has 0 atom stereocenters. The van der Waals surface area contributed by atoms with Gasteiger partial charge in [0.15, 0.2) is 0 Å². The smallest absolute Gasteiger partial charge is 0.310 e. The molecule has 17 heavy (non-hydrogen) atoms. The predicted octanol–water partition coefficient (Wildman–Crippen LogP) is 0.208. The highest BCUT2D eigenvalue weighted by Gasteiger charge is 2.28. The fourth-order valence-electron chi connectivity index (χ4n) is 1.01. The second-order valence-corrected chi connectivity index (χ2v) is 4.33. The minimum absolute atomic E-state index is 0.0250. The lowest BCUT2D eigenvalue weighted by Crippen LogP contribution is -2.39. The van der Waals surface area contributed by atoms with Crippen LogP contribution in [0.15, 0.2) is 0 Å². The van der Waals surface area contributed by atoms with Gasteiger partial charge in [0.2, 0.25) is 5.82 Å². The molecule has 0 aliphatic rings. The van der Waals surface area contributed by atoms with Gasteiger partial charge in [-0.05, 0) is 13.8 Å². The van der Waals surface area contributed by atoms with Gasteiger partial charge in [-0.15, -0.1) is 5.10 Å². The third-order valence-electron chi connectivity index (χ3n) is 2.34. The number of rotatable bonds is 5. The predicted molar refractivity (Wildman–Crippen MR) is 59.5 cm³/mol. The molecule has 0 saturated heterocycles. The van der Waals surface area contributed by atoms with E-state index in [-0.39, 0.29) is 12.4 Å². The van der Waals surface area contributed by atoms with Crippen molar-refractivity contribution in [1.29, 1.82) is 0 Å². The van der Waals surface area contributed by atoms with Crippen molar-refractivity contribution in [3.8, 4) is 0 Å². The molecule has 0 fully saturated rings. The number of carbonyl (C=O) groups excluding carboxylic acids is 1. The summed E-state index contributed by atoms with van der Waals surface area (Å²) < 4.78 is 0. The Morgan fingerprint density at radius 1 is 1.47 bits per heavy atom. The zero-order chi connectivity index (χ0) is 13.1. The lowest BCUT2D eigenvalue weighted by atomic mass is 9.94. The highest BCUT2D eigenvalue weighted by molar-refractivity contribution is 5.90. The quantitative estimate of drug-likeness (QED) is 0.681. The van der Waals surface area contributed by atoms with Crippen LogP contribution in [-0.2, 0) is 11.2 Å². The van der Waals surface area contributed by atoms with Crippen molar-refractivity contribution in [3.05, 3.63) is 11.6 Å². The summed E-state index contributed by atoms with van der Waals surface area (Å²) in [5.41, 5.74) is -1.01. The molecular weight excluding hydrogens is 224 g/mol. The Balaban J connectivity index is 2.58. The van der Waals surface area contributed by atoms with E-state index in [1.54, 1.807) is 0 Å². The van der Waals surface area contributed by atoms with E-state index >= 15 is 0 Å². The normalized spacial score (nSPS) is 11.2. The van der Waals surface area contributed by atoms with Crippen LogP contribution in [0.3, 0.4) is 0 Å². The average molecular weight is 240 g/mol. The van der Waals surface area contributed by atoms with E-state index in [0.29, 0.717) is 12.2 Å². The zero-order valence-corrected chi connectivity index (χ0v) is 10.1. The van der Waals surface area contributed by atoms with Crippen LogP contribution in [0.1, 0.15) is 37.2 Å². The first-order valence-electron chi connectivity index (χ1n) is 5.29. The number of hydrogen-bond donors (Lipinski definition) is 3. The number of nitrogens with one attached hydrogen (secondary N) is 2. The van der Waals surface area contributed by atoms with Crippen LogP contribution in [0.5, 0.6) is 0 Å². The third kappa shape index (κ3) is 3.27. The highest BCUT2D eigenvalue weighted by atomic mass is 16.4. The maximum Gasteiger partial charge on any atom is 0.310 e. The number of carbonyl (C=O) groups is 2. The topological polar surface area (TPSA) is 108 Å². The molecule has 94 valence electrons. The van der Waals surface area contributed by atoms with Crippen molar-refractivity contribution in [1.82, 2.24) is 20.5 Å². The standard InChI is InChI=1S/C10H16N4O3/c1-4-6-12-7(14-13-6)8(15)11-5-10(2,3)9(16)17/h4-5H2,1-3H3,(H,11,15)(H,16,17)(H,12,13,14). The fraction of sp³-hybridized carbons (Fsp3) is 0.600. The van der Waals surface area contributed by atoms with Crippen LogP contribution in [-0.4, -0.2) is 38.7 Å². The Bertz CT molecular complexity index is 425. The lowest BCUT2D eigenvalue weighted by Gasteiger charge is -2.18. The van der Waals surface area contributed by atoms with Crippen molar-refractivity contribution in [2.45, 2.75) is 27.2 Å². The Labute approximate surface area is 98.6 Å². The first kappa shape index (κ1) is 13.1. The molecule has 1 heterocycles. The second-order valence-electron chi connectivity index (χ2n) is 4.33. The van der Waals surface area contributed by atoms with E-state index in [4.69, 9.17) is 5.11 Å². The van der Waals surface area contributed by atoms with E-state index in [9.17, 15) is 9.59 Å². The molecule has 3 N–H and O–H groups in total. The maximum atomic E-state index is 11.6. The maximum absolute atomic E-state index is 11.6. The minimum Gasteiger partial charge on any atom is -0.481 e. The molecule has 0 saturated carbocycles. The van der Waals surface area contributed by atoms with E-state index in [1.807, 2.05) is 6.92 Å². The van der Waals surface area contributed by atoms with Crippen LogP contribution in [0.4, 0.5) is 0 Å². The molecule has 0 bridgehead atoms. The number of aryl methyl sites for hydroxylation is 1. The van der Waals surface area contributed by atoms with E-state index < -0.39 is 17.3 Å². The molecule has 7 heteroatoms. The number of nitrogens with zero attached hydrogens (tertiary/aromatic N) is 2. The summed E-state index contributed by atoms with van der Waals surface area (Å²) >= 11 is 0. The molecule has 7 nitrogen and oxygen atoms in total. The molecule has 0 aromatic carbocycles. The minimum atomic E-state index is -1.01. The second kappa shape index (κ2) is 4.94. The number of aromatic amines is 1. The number of aromatic nitrogens is 3. The Hall–Kier alpha value is -1.92. The average Bonchev–Trinajstić information content (AvgIpc) is 2.74. The van der Waals surface area contributed by atoms with E-state index in [2.05, 4.69) is 20.5 Å². The Morgan fingerprint density at radius 2 is 2.12 bits per heavy atom. The molecule has 0 aliphatic carbocycles. The van der Waals surface area contributed by atoms with Crippen LogP contribution in [0.25, 0.3) is 0 Å². The molecule has 1 aromatic heterocycles. The van der Waals surface area contributed by atoms with Crippen LogP contribution in [0.2, 0.25) is 0 Å². The van der Waals surface area contributed by atoms with Gasteiger partial charge < -0.3 is 10.4 Å². The number of H-pyrrole nitrogens is 1. The molecule has 0 unspecified atom stereocenters. The number of amides is 1. The van der Waals surface area contributed by atoms with Gasteiger partial charge in [-0.3, -0.25) is 14.7 Å². The van der Waals surface area contributed by atoms with Crippen molar-refractivity contribution >= 4 is 11.9 Å². The van der Waals surface area contributed by atoms with E-state index in [0.717, 1.165) is 0 Å². The summed E-state index contributed by atoms with van der Waals surface area (Å²) in [7, 11) is 0. The number of carboxylic acids is 1. The molecule has 1 amide bonds. The highest BCUT2D eigenvalue weighted by Crippen LogP contribution is 2.13. The molecule has 0 spiro atoms. The van der Waals surface area contributed by atoms with Gasteiger partial charge in [-0.1, -0.05) is 6.92 Å². The van der Waals surface area contributed by atoms with Gasteiger partial charge in [0.1, 0.15) is 5.82 Å². The van der Waals surface area contributed by atoms with Crippen LogP contribution >= 0.6 is 0 Å². The molecule has 0 radical (unpaired) electrons. The Morgan fingerprint density at radius 3 is 2.59 bits per heavy atom. The van der Waals surface area contributed by atoms with Gasteiger partial charge in [-0.25, -0.2) is 4.98 Å². The van der Waals surface area contributed by atoms with Gasteiger partial charge in [0.25, 0.3) is 5.91 Å². The van der Waals surface area contributed by atoms with Crippen molar-refractivity contribution < 1.29 is 14.7 Å². The largest absolute Gasteiger partial charge is 0.481 e. The number of aliphatic carboxylic acids is 1. The van der Waals surface area contributed by atoms with Crippen LogP contribution in [0, 0.1) is 5.41 Å². The summed E-state index contributed by atoms with van der Waals surface area (Å²) in [5.74, 6) is -0.798. The van der Waals surface area contributed by atoms with Crippen LogP contribution < -0.4 is 5.32 Å². The lowest BCUT2D eigenvalue weighted by molar-refractivity contribution is -0.146. The van der Waals surface area contributed by atoms with Gasteiger partial charge in [0, 0.05) is 13.0 Å². The molecule has 1 aromatic rings. The number of carboxylic acid groups (broad SMARTS) is 1. The fourth-order valence-corrected chi connectivity index (χ4v) is 1.01. The van der Waals surface area contributed by atoms with Crippen molar-refractivity contribution in [3.63, 3.8) is 0 Å².